The average Bonchev–Trinajstić information content (AvgIpc) is 2.54. The molecule has 22 heavy (non-hydrogen) atoms. The van der Waals surface area contributed by atoms with E-state index in [1.807, 2.05) is 18.2 Å². The molecule has 0 saturated carbocycles. The molecule has 3 rings (SSSR count). The normalized spacial score (nSPS) is 11.0. The molecule has 0 spiro atoms. The Bertz CT molecular complexity index is 796. The number of nitrogens with zero attached hydrogens (tertiary/aromatic N) is 1. The van der Waals surface area contributed by atoms with E-state index in [4.69, 9.17) is 11.6 Å². The minimum Gasteiger partial charge on any atom is -0.505 e. The van der Waals surface area contributed by atoms with Gasteiger partial charge in [-0.3, -0.25) is 4.98 Å². The first-order valence-electron chi connectivity index (χ1n) is 7.46. The number of aromatic nitrogens is 1. The molecule has 0 unspecified atom stereocenters. The molecule has 0 aliphatic heterocycles. The highest BCUT2D eigenvalue weighted by Crippen LogP contribution is 2.33. The predicted molar refractivity (Wildman–Crippen MR) is 91.6 cm³/mol. The fourth-order valence-electron chi connectivity index (χ4n) is 2.67. The molecule has 2 nitrogen and oxygen atoms in total. The predicted octanol–water partition coefficient (Wildman–Crippen LogP) is 5.08. The van der Waals surface area contributed by atoms with Crippen molar-refractivity contribution in [3.8, 4) is 5.75 Å². The summed E-state index contributed by atoms with van der Waals surface area (Å²) in [6.07, 6.45) is 4.41. The van der Waals surface area contributed by atoms with E-state index in [0.29, 0.717) is 10.5 Å². The number of phenols is 1. The SMILES string of the molecule is Cc1ccc(CCCc2cc(Cl)c3cccnc3c2O)cc1. The molecule has 2 aromatic carbocycles. The van der Waals surface area contributed by atoms with Gasteiger partial charge in [0.15, 0.2) is 0 Å². The van der Waals surface area contributed by atoms with Crippen LogP contribution in [0.25, 0.3) is 10.9 Å². The lowest BCUT2D eigenvalue weighted by Crippen LogP contribution is -1.93. The summed E-state index contributed by atoms with van der Waals surface area (Å²) >= 11 is 6.30. The minimum absolute atomic E-state index is 0.254. The Morgan fingerprint density at radius 1 is 1.09 bits per heavy atom. The van der Waals surface area contributed by atoms with Crippen molar-refractivity contribution in [2.45, 2.75) is 26.2 Å². The van der Waals surface area contributed by atoms with Gasteiger partial charge in [0.05, 0.1) is 5.02 Å². The van der Waals surface area contributed by atoms with Crippen LogP contribution in [0.1, 0.15) is 23.1 Å². The molecule has 112 valence electrons. The number of hydrogen-bond acceptors (Lipinski definition) is 2. The lowest BCUT2D eigenvalue weighted by atomic mass is 10.0. The lowest BCUT2D eigenvalue weighted by Gasteiger charge is -2.09. The Kier molecular flexibility index (Phi) is 4.30. The number of benzene rings is 2. The number of halogens is 1. The second-order valence-corrected chi connectivity index (χ2v) is 6.01. The van der Waals surface area contributed by atoms with Crippen LogP contribution in [0.4, 0.5) is 0 Å². The van der Waals surface area contributed by atoms with Crippen LogP contribution < -0.4 is 0 Å². The van der Waals surface area contributed by atoms with Crippen molar-refractivity contribution in [3.63, 3.8) is 0 Å². The zero-order valence-corrected chi connectivity index (χ0v) is 13.3. The molecule has 3 aromatic rings. The highest BCUT2D eigenvalue weighted by molar-refractivity contribution is 6.35. The summed E-state index contributed by atoms with van der Waals surface area (Å²) in [6.45, 7) is 2.09. The maximum absolute atomic E-state index is 10.4. The molecular weight excluding hydrogens is 294 g/mol. The zero-order valence-electron chi connectivity index (χ0n) is 12.5. The molecule has 0 fully saturated rings. The molecule has 0 amide bonds. The van der Waals surface area contributed by atoms with Gasteiger partial charge in [0.25, 0.3) is 0 Å². The van der Waals surface area contributed by atoms with Crippen molar-refractivity contribution in [1.82, 2.24) is 4.98 Å². The van der Waals surface area contributed by atoms with E-state index >= 15 is 0 Å². The second kappa shape index (κ2) is 6.37. The quantitative estimate of drug-likeness (QED) is 0.729. The van der Waals surface area contributed by atoms with Crippen LogP contribution in [0, 0.1) is 6.92 Å². The zero-order chi connectivity index (χ0) is 15.5. The number of fused-ring (bicyclic) bond motifs is 1. The van der Waals surface area contributed by atoms with Gasteiger partial charge >= 0.3 is 0 Å². The average molecular weight is 312 g/mol. The van der Waals surface area contributed by atoms with Crippen LogP contribution in [0.15, 0.2) is 48.7 Å². The first kappa shape index (κ1) is 14.9. The van der Waals surface area contributed by atoms with Gasteiger partial charge in [0.2, 0.25) is 0 Å². The van der Waals surface area contributed by atoms with Crippen LogP contribution in [0.3, 0.4) is 0 Å². The third-order valence-electron chi connectivity index (χ3n) is 3.93. The van der Waals surface area contributed by atoms with Gasteiger partial charge < -0.3 is 5.11 Å². The summed E-state index contributed by atoms with van der Waals surface area (Å²) in [5, 5.41) is 11.8. The van der Waals surface area contributed by atoms with Gasteiger partial charge in [0.1, 0.15) is 11.3 Å². The van der Waals surface area contributed by atoms with E-state index in [1.165, 1.54) is 11.1 Å². The van der Waals surface area contributed by atoms with Crippen molar-refractivity contribution in [3.05, 3.63) is 70.4 Å². The van der Waals surface area contributed by atoms with Gasteiger partial charge in [-0.25, -0.2) is 0 Å². The molecule has 0 radical (unpaired) electrons. The largest absolute Gasteiger partial charge is 0.505 e. The second-order valence-electron chi connectivity index (χ2n) is 5.60. The maximum Gasteiger partial charge on any atom is 0.145 e. The topological polar surface area (TPSA) is 33.1 Å². The van der Waals surface area contributed by atoms with Gasteiger partial charge in [0, 0.05) is 11.6 Å². The van der Waals surface area contributed by atoms with Crippen molar-refractivity contribution < 1.29 is 5.11 Å². The molecule has 0 saturated heterocycles. The lowest BCUT2D eigenvalue weighted by molar-refractivity contribution is 0.472. The van der Waals surface area contributed by atoms with Crippen molar-refractivity contribution in [2.75, 3.05) is 0 Å². The van der Waals surface area contributed by atoms with Gasteiger partial charge in [-0.05, 0) is 55.5 Å². The van der Waals surface area contributed by atoms with Crippen molar-refractivity contribution in [1.29, 1.82) is 0 Å². The summed E-state index contributed by atoms with van der Waals surface area (Å²) in [5.74, 6) is 0.254. The molecule has 0 atom stereocenters. The van der Waals surface area contributed by atoms with E-state index in [-0.39, 0.29) is 5.75 Å². The molecule has 1 aromatic heterocycles. The summed E-state index contributed by atoms with van der Waals surface area (Å²) in [4.78, 5) is 4.24. The van der Waals surface area contributed by atoms with Crippen LogP contribution in [0.2, 0.25) is 5.02 Å². The van der Waals surface area contributed by atoms with Crippen LogP contribution in [-0.2, 0) is 12.8 Å². The summed E-state index contributed by atoms with van der Waals surface area (Å²) < 4.78 is 0. The van der Waals surface area contributed by atoms with E-state index < -0.39 is 0 Å². The van der Waals surface area contributed by atoms with Crippen LogP contribution in [0.5, 0.6) is 5.75 Å². The molecule has 3 heteroatoms. The Balaban J connectivity index is 1.76. The Morgan fingerprint density at radius 2 is 1.86 bits per heavy atom. The van der Waals surface area contributed by atoms with E-state index in [1.54, 1.807) is 6.20 Å². The van der Waals surface area contributed by atoms with Gasteiger partial charge in [-0.1, -0.05) is 41.4 Å². The number of hydrogen-bond donors (Lipinski definition) is 1. The highest BCUT2D eigenvalue weighted by atomic mass is 35.5. The molecular formula is C19H18ClNO. The molecule has 0 bridgehead atoms. The van der Waals surface area contributed by atoms with Gasteiger partial charge in [-0.15, -0.1) is 0 Å². The number of phenolic OH excluding ortho intramolecular Hbond substituents is 1. The van der Waals surface area contributed by atoms with E-state index in [2.05, 4.69) is 36.2 Å². The molecule has 0 aliphatic rings. The smallest absolute Gasteiger partial charge is 0.145 e. The summed E-state index contributed by atoms with van der Waals surface area (Å²) in [7, 11) is 0. The monoisotopic (exact) mass is 311 g/mol. The molecule has 1 heterocycles. The van der Waals surface area contributed by atoms with Crippen molar-refractivity contribution in [2.24, 2.45) is 0 Å². The third kappa shape index (κ3) is 3.07. The fourth-order valence-corrected chi connectivity index (χ4v) is 2.95. The van der Waals surface area contributed by atoms with E-state index in [0.717, 1.165) is 30.2 Å². The summed E-state index contributed by atoms with van der Waals surface area (Å²) in [5.41, 5.74) is 4.03. The molecule has 0 aliphatic carbocycles. The standard InChI is InChI=1S/C19H18ClNO/c1-13-7-9-14(10-8-13)4-2-5-15-12-17(20)16-6-3-11-21-18(16)19(15)22/h3,6-12,22H,2,4-5H2,1H3. The molecule has 1 N–H and O–H groups in total. The Labute approximate surface area is 135 Å². The fraction of sp³-hybridized carbons (Fsp3) is 0.211. The Hall–Kier alpha value is -2.06. The maximum atomic E-state index is 10.4. The minimum atomic E-state index is 0.254. The Morgan fingerprint density at radius 3 is 2.64 bits per heavy atom. The first-order chi connectivity index (χ1) is 10.6. The van der Waals surface area contributed by atoms with Crippen LogP contribution >= 0.6 is 11.6 Å². The van der Waals surface area contributed by atoms with E-state index in [9.17, 15) is 5.11 Å². The van der Waals surface area contributed by atoms with Crippen molar-refractivity contribution >= 4 is 22.5 Å². The van der Waals surface area contributed by atoms with Crippen LogP contribution in [-0.4, -0.2) is 10.1 Å². The number of aromatic hydroxyl groups is 1. The highest BCUT2D eigenvalue weighted by Gasteiger charge is 2.11. The first-order valence-corrected chi connectivity index (χ1v) is 7.83. The number of pyridine rings is 1. The number of rotatable bonds is 4. The number of aryl methyl sites for hydroxylation is 3. The van der Waals surface area contributed by atoms with Gasteiger partial charge in [-0.2, -0.15) is 0 Å². The third-order valence-corrected chi connectivity index (χ3v) is 4.24. The summed E-state index contributed by atoms with van der Waals surface area (Å²) in [6, 6.07) is 14.1.